The zero-order chi connectivity index (χ0) is 98.4. The van der Waals surface area contributed by atoms with Crippen LogP contribution in [0.2, 0.25) is 0 Å². The van der Waals surface area contributed by atoms with Crippen molar-refractivity contribution in [2.75, 3.05) is 0 Å². The van der Waals surface area contributed by atoms with Crippen LogP contribution in [0.15, 0.2) is 261 Å². The van der Waals surface area contributed by atoms with E-state index in [9.17, 15) is 5.11 Å². The van der Waals surface area contributed by atoms with Crippen molar-refractivity contribution in [3.05, 3.63) is 316 Å². The van der Waals surface area contributed by atoms with Gasteiger partial charge in [-0.05, 0) is 311 Å². The van der Waals surface area contributed by atoms with Crippen molar-refractivity contribution < 1.29 is 9.76 Å². The third kappa shape index (κ3) is 21.5. The lowest BCUT2D eigenvalue weighted by atomic mass is 9.69. The molecule has 1 atom stereocenters. The predicted octanol–water partition coefficient (Wildman–Crippen LogP) is 39.9. The summed E-state index contributed by atoms with van der Waals surface area (Å²) in [6.45, 7) is 26.7. The average Bonchev–Trinajstić information content (AvgIpc) is 1.56. The highest BCUT2D eigenvalue weighted by atomic mass is 16.5. The monoisotopic (exact) mass is 1880 g/mol. The van der Waals surface area contributed by atoms with Crippen molar-refractivity contribution in [3.63, 3.8) is 0 Å². The molecule has 1 N–H and O–H groups in total. The normalized spacial score (nSPS) is 15.1. The third-order valence-corrected chi connectivity index (χ3v) is 35.4. The Morgan fingerprint density at radius 1 is 0.225 bits per heavy atom. The summed E-state index contributed by atoms with van der Waals surface area (Å²) < 4.78 is 6.30. The van der Waals surface area contributed by atoms with Crippen molar-refractivity contribution in [3.8, 4) is 134 Å². The summed E-state index contributed by atoms with van der Waals surface area (Å²) in [5.41, 5.74) is 46.7. The highest BCUT2D eigenvalue weighted by molar-refractivity contribution is 6.47. The van der Waals surface area contributed by atoms with Gasteiger partial charge in [0.2, 0.25) is 0 Å². The maximum Gasteiger partial charge on any atom is 0.309 e. The Bertz CT molecular complexity index is 6420. The number of rotatable bonds is 52. The fourth-order valence-electron chi connectivity index (χ4n) is 26.2. The Hall–Kier alpha value is -10.2. The number of hydrogen-bond donors (Lipinski definition) is 1. The molecule has 13 aromatic rings. The van der Waals surface area contributed by atoms with Crippen LogP contribution >= 0.6 is 0 Å². The number of fused-ring (bicyclic) bond motifs is 15. The van der Waals surface area contributed by atoms with Crippen LogP contribution in [-0.4, -0.2) is 23.8 Å². The number of hydrogen-bond acceptors (Lipinski definition) is 2. The lowest BCUT2D eigenvalue weighted by Gasteiger charge is -2.37. The van der Waals surface area contributed by atoms with E-state index in [0.717, 1.165) is 18.3 Å². The minimum Gasteiger partial charge on any atom is -0.427 e. The van der Waals surface area contributed by atoms with E-state index in [4.69, 9.17) is 4.65 Å². The highest BCUT2D eigenvalue weighted by Gasteiger charge is 2.47. The molecule has 2 nitrogen and oxygen atoms in total. The van der Waals surface area contributed by atoms with Crippen molar-refractivity contribution in [1.29, 1.82) is 0 Å². The molecular formula is C139H167BO2. The van der Waals surface area contributed by atoms with Crippen LogP contribution in [0.3, 0.4) is 0 Å². The molecule has 0 bridgehead atoms. The molecule has 0 amide bonds. The third-order valence-electron chi connectivity index (χ3n) is 35.4. The summed E-state index contributed by atoms with van der Waals surface area (Å²) in [6.07, 6.45) is 54.8. The summed E-state index contributed by atoms with van der Waals surface area (Å²) >= 11 is 0. The van der Waals surface area contributed by atoms with Crippen LogP contribution in [-0.2, 0) is 39.2 Å². The van der Waals surface area contributed by atoms with Crippen LogP contribution in [0.5, 0.6) is 0 Å². The van der Waals surface area contributed by atoms with Gasteiger partial charge in [0.1, 0.15) is 0 Å². The van der Waals surface area contributed by atoms with Gasteiger partial charge in [0.05, 0.1) is 11.2 Å². The van der Waals surface area contributed by atoms with Gasteiger partial charge in [-0.3, -0.25) is 0 Å². The summed E-state index contributed by atoms with van der Waals surface area (Å²) in [6, 6.07) is 106. The molecule has 0 saturated carbocycles. The molecule has 0 aliphatic heterocycles. The van der Waals surface area contributed by atoms with Crippen LogP contribution in [0.4, 0.5) is 0 Å². The van der Waals surface area contributed by atoms with E-state index in [2.05, 4.69) is 316 Å². The topological polar surface area (TPSA) is 29.5 Å². The van der Waals surface area contributed by atoms with Crippen LogP contribution in [0.25, 0.3) is 134 Å². The first-order chi connectivity index (χ1) is 69.2. The number of aryl methyl sites for hydroxylation is 2. The molecule has 0 saturated heterocycles. The number of aliphatic hydroxyl groups is 1. The average molecular weight is 1880 g/mol. The molecule has 0 aromatic heterocycles. The van der Waals surface area contributed by atoms with E-state index >= 15 is 0 Å². The molecule has 142 heavy (non-hydrogen) atoms. The van der Waals surface area contributed by atoms with Gasteiger partial charge in [-0.15, -0.1) is 0 Å². The van der Waals surface area contributed by atoms with Crippen LogP contribution in [0, 0.1) is 0 Å². The van der Waals surface area contributed by atoms with Gasteiger partial charge in [0.15, 0.2) is 0 Å². The zero-order valence-electron chi connectivity index (χ0n) is 89.3. The summed E-state index contributed by atoms with van der Waals surface area (Å²) in [5, 5.41) is 10.8. The molecule has 0 fully saturated rings. The first-order valence-electron chi connectivity index (χ1n) is 57.3. The van der Waals surface area contributed by atoms with E-state index in [1.807, 2.05) is 27.7 Å². The van der Waals surface area contributed by atoms with Gasteiger partial charge >= 0.3 is 7.48 Å². The van der Waals surface area contributed by atoms with Gasteiger partial charge in [0.25, 0.3) is 0 Å². The van der Waals surface area contributed by atoms with E-state index in [-0.39, 0.29) is 21.7 Å². The van der Waals surface area contributed by atoms with Crippen molar-refractivity contribution in [2.24, 2.45) is 0 Å². The standard InChI is InChI=1S/C139H167BO2/c1-13-19-25-31-37-45-84-137(85-46-38-32-26-20-14-2)126-51-43-42-50-118(126)121-82-73-112(98-129(121)137)111-72-77-120-119-76-67-106(92-127(119)134(7,8)128(120)93-111)100-56-58-102(59-57-100)108-69-80-124-125-81-71-110(97-133(125)139(132(124)96-108,88-48-40-34-28-22-16-4)89-49-41-35-29-23-17-5)104-62-60-103(61-63-104)109-70-79-123-122-78-68-107(94-130(122)138(131(123)95-109,86-44-36-30-24-18-6)87-47-39-33-27-21-15-3)101-54-52-99(53-55-101)105-66-75-116-113(90-105)64-65-114-91-115(74-83-117(114)116)140-142-136(11,12)135(9,10)141/h42-43,50-63,66-83,90-98,140-141H,13-41,44-49,64-65,84-89H2,1-12H3. The number of benzene rings is 13. The zero-order valence-corrected chi connectivity index (χ0v) is 89.3. The molecular weight excluding hydrogens is 1710 g/mol. The summed E-state index contributed by atoms with van der Waals surface area (Å²) in [5.74, 6) is 0. The number of unbranched alkanes of at least 4 members (excludes halogenated alkanes) is 29. The molecule has 0 heterocycles. The van der Waals surface area contributed by atoms with Gasteiger partial charge in [-0.25, -0.2) is 0 Å². The van der Waals surface area contributed by atoms with E-state index < -0.39 is 11.2 Å². The van der Waals surface area contributed by atoms with Crippen molar-refractivity contribution in [2.45, 2.75) is 392 Å². The maximum absolute atomic E-state index is 10.8. The summed E-state index contributed by atoms with van der Waals surface area (Å²) in [7, 11) is 0.474. The fraction of sp³-hybridized carbons (Fsp3) is 0.439. The van der Waals surface area contributed by atoms with Gasteiger partial charge in [-0.1, -0.05) is 504 Å². The SMILES string of the molecule is CCCCCCCCC1(CCCCCCC)c2cc(-c3ccc(-c4ccc5c(c4)CCc4cc(BOC(C)(C)C(C)(C)O)ccc4-5)cc3)ccc2-c2ccc(-c3ccc(-c4ccc5c(c4)C(CCCCCCCC)(CCCCCCCC)c4cc(-c6ccc(-c7ccc8c(c7)C(C)(C)c7cc(-c9ccc%10c(c9)C(CCCCCCCC)(CCCCCCCC)c9ccccc9-%10)ccc7-8)cc6)ccc4-5)cc3)cc21. The van der Waals surface area contributed by atoms with Crippen molar-refractivity contribution >= 4 is 12.9 Å². The molecule has 5 aliphatic carbocycles. The summed E-state index contributed by atoms with van der Waals surface area (Å²) in [4.78, 5) is 0. The maximum atomic E-state index is 10.8. The van der Waals surface area contributed by atoms with E-state index in [1.165, 1.54) is 419 Å². The predicted molar refractivity (Wildman–Crippen MR) is 615 cm³/mol. The molecule has 3 heteroatoms. The second kappa shape index (κ2) is 46.1. The van der Waals surface area contributed by atoms with Gasteiger partial charge < -0.3 is 9.76 Å². The van der Waals surface area contributed by atoms with Gasteiger partial charge in [0, 0.05) is 21.7 Å². The minimum absolute atomic E-state index is 0.0521. The molecule has 1 unspecified atom stereocenters. The van der Waals surface area contributed by atoms with E-state index in [1.54, 1.807) is 33.4 Å². The second-order valence-corrected chi connectivity index (χ2v) is 45.9. The first-order valence-corrected chi connectivity index (χ1v) is 57.3. The van der Waals surface area contributed by atoms with Crippen LogP contribution < -0.4 is 5.46 Å². The highest BCUT2D eigenvalue weighted by Crippen LogP contribution is 2.61. The van der Waals surface area contributed by atoms with E-state index in [0.29, 0.717) is 7.48 Å². The molecule has 13 aromatic carbocycles. The Morgan fingerprint density at radius 3 is 0.725 bits per heavy atom. The Labute approximate surface area is 858 Å². The molecule has 0 spiro atoms. The molecule has 0 radical (unpaired) electrons. The minimum atomic E-state index is -0.946. The van der Waals surface area contributed by atoms with Gasteiger partial charge in [-0.2, -0.15) is 0 Å². The molecule has 738 valence electrons. The first kappa shape index (κ1) is 102. The lowest BCUT2D eigenvalue weighted by molar-refractivity contribution is -0.0893. The molecule has 18 rings (SSSR count). The molecule has 5 aliphatic rings. The Kier molecular flexibility index (Phi) is 33.0. The Balaban J connectivity index is 0.615. The Morgan fingerprint density at radius 2 is 0.437 bits per heavy atom. The van der Waals surface area contributed by atoms with Crippen molar-refractivity contribution in [1.82, 2.24) is 0 Å². The smallest absolute Gasteiger partial charge is 0.309 e. The second-order valence-electron chi connectivity index (χ2n) is 45.9. The van der Waals surface area contributed by atoms with Crippen LogP contribution in [0.1, 0.15) is 402 Å². The largest absolute Gasteiger partial charge is 0.427 e. The quantitative estimate of drug-likeness (QED) is 0.0304. The lowest BCUT2D eigenvalue weighted by Crippen LogP contribution is -2.49. The fourth-order valence-corrected chi connectivity index (χ4v) is 26.2.